The van der Waals surface area contributed by atoms with Gasteiger partial charge in [0.25, 0.3) is 5.69 Å². The second-order valence-corrected chi connectivity index (χ2v) is 5.60. The van der Waals surface area contributed by atoms with Crippen LogP contribution in [0.5, 0.6) is 11.5 Å². The van der Waals surface area contributed by atoms with Crippen LogP contribution >= 0.6 is 0 Å². The fraction of sp³-hybridized carbons (Fsp3) is 0.235. The molecule has 0 amide bonds. The lowest BCUT2D eigenvalue weighted by molar-refractivity contribution is -0.385. The summed E-state index contributed by atoms with van der Waals surface area (Å²) in [6, 6.07) is 6.30. The number of carbonyl (C=O) groups is 1. The van der Waals surface area contributed by atoms with Gasteiger partial charge in [-0.15, -0.1) is 0 Å². The molecule has 0 N–H and O–H groups in total. The molecule has 2 aromatic rings. The van der Waals surface area contributed by atoms with Crippen LogP contribution in [0.15, 0.2) is 36.4 Å². The number of halogens is 3. The van der Waals surface area contributed by atoms with E-state index in [1.165, 1.54) is 25.1 Å². The van der Waals surface area contributed by atoms with E-state index in [1.807, 2.05) is 0 Å². The minimum absolute atomic E-state index is 0.0314. The van der Waals surface area contributed by atoms with Crippen LogP contribution in [0, 0.1) is 10.1 Å². The molecule has 2 aromatic carbocycles. The maximum absolute atomic E-state index is 12.9. The predicted octanol–water partition coefficient (Wildman–Crippen LogP) is 4.26. The molecule has 0 aliphatic carbocycles. The Kier molecular flexibility index (Phi) is 5.58. The second-order valence-electron chi connectivity index (χ2n) is 5.60. The van der Waals surface area contributed by atoms with Gasteiger partial charge in [0.05, 0.1) is 23.3 Å². The fourth-order valence-electron chi connectivity index (χ4n) is 2.27. The average Bonchev–Trinajstić information content (AvgIpc) is 2.59. The molecule has 7 nitrogen and oxygen atoms in total. The van der Waals surface area contributed by atoms with E-state index in [4.69, 9.17) is 4.74 Å². The van der Waals surface area contributed by atoms with Crippen LogP contribution in [-0.4, -0.2) is 32.1 Å². The first kappa shape index (κ1) is 20.0. The van der Waals surface area contributed by atoms with Gasteiger partial charge in [0.1, 0.15) is 11.3 Å². The Balaban J connectivity index is 2.47. The molecule has 0 heterocycles. The quantitative estimate of drug-likeness (QED) is 0.435. The van der Waals surface area contributed by atoms with Crippen LogP contribution in [0.4, 0.5) is 24.5 Å². The molecule has 0 radical (unpaired) electrons. The van der Waals surface area contributed by atoms with E-state index in [1.54, 1.807) is 0 Å². The van der Waals surface area contributed by atoms with Crippen LogP contribution in [0.2, 0.25) is 0 Å². The summed E-state index contributed by atoms with van der Waals surface area (Å²) in [5, 5.41) is 11.0. The number of hydrogen-bond donors (Lipinski definition) is 0. The largest absolute Gasteiger partial charge is 0.465 e. The molecule has 0 aliphatic rings. The lowest BCUT2D eigenvalue weighted by Gasteiger charge is -2.19. The number of rotatable bonds is 5. The molecule has 0 saturated carbocycles. The Hall–Kier alpha value is -3.30. The highest BCUT2D eigenvalue weighted by Crippen LogP contribution is 2.38. The number of methoxy groups -OCH3 is 1. The predicted molar refractivity (Wildman–Crippen MR) is 90.3 cm³/mol. The number of nitro benzene ring substituents is 1. The molecule has 2 rings (SSSR count). The Bertz CT molecular complexity index is 881. The van der Waals surface area contributed by atoms with Crippen molar-refractivity contribution < 1.29 is 32.4 Å². The molecular weight excluding hydrogens is 369 g/mol. The molecule has 0 bridgehead atoms. The number of alkyl halides is 3. The first-order valence-corrected chi connectivity index (χ1v) is 7.47. The van der Waals surface area contributed by atoms with Crippen molar-refractivity contribution in [2.75, 3.05) is 26.1 Å². The minimum atomic E-state index is -4.52. The number of anilines is 1. The maximum atomic E-state index is 12.9. The molecule has 144 valence electrons. The van der Waals surface area contributed by atoms with Gasteiger partial charge in [-0.3, -0.25) is 10.1 Å². The average molecular weight is 384 g/mol. The highest BCUT2D eigenvalue weighted by molar-refractivity contribution is 5.94. The van der Waals surface area contributed by atoms with E-state index >= 15 is 0 Å². The Morgan fingerprint density at radius 3 is 2.33 bits per heavy atom. The number of benzene rings is 2. The molecule has 0 fully saturated rings. The van der Waals surface area contributed by atoms with Gasteiger partial charge in [0, 0.05) is 26.2 Å². The van der Waals surface area contributed by atoms with Crippen LogP contribution in [0.3, 0.4) is 0 Å². The topological polar surface area (TPSA) is 81.9 Å². The van der Waals surface area contributed by atoms with Gasteiger partial charge in [-0.25, -0.2) is 4.79 Å². The van der Waals surface area contributed by atoms with Crippen molar-refractivity contribution in [1.29, 1.82) is 0 Å². The van der Waals surface area contributed by atoms with Crippen molar-refractivity contribution in [2.24, 2.45) is 0 Å². The van der Waals surface area contributed by atoms with Crippen molar-refractivity contribution >= 4 is 17.3 Å². The summed E-state index contributed by atoms with van der Waals surface area (Å²) in [6.07, 6.45) is -4.52. The van der Waals surface area contributed by atoms with Crippen LogP contribution in [-0.2, 0) is 10.9 Å². The molecular formula is C17H15F3N2O5. The van der Waals surface area contributed by atoms with Crippen LogP contribution < -0.4 is 9.64 Å². The summed E-state index contributed by atoms with van der Waals surface area (Å²) in [6.45, 7) is 0. The van der Waals surface area contributed by atoms with Crippen molar-refractivity contribution in [1.82, 2.24) is 0 Å². The Morgan fingerprint density at radius 1 is 1.15 bits per heavy atom. The highest BCUT2D eigenvalue weighted by Gasteiger charge is 2.31. The number of ether oxygens (including phenoxy) is 2. The molecule has 27 heavy (non-hydrogen) atoms. The monoisotopic (exact) mass is 384 g/mol. The van der Waals surface area contributed by atoms with E-state index in [-0.39, 0.29) is 22.7 Å². The lowest BCUT2D eigenvalue weighted by atomic mass is 10.1. The lowest BCUT2D eigenvalue weighted by Crippen LogP contribution is -2.13. The Morgan fingerprint density at radius 2 is 1.81 bits per heavy atom. The first-order chi connectivity index (χ1) is 12.5. The maximum Gasteiger partial charge on any atom is 0.416 e. The standard InChI is InChI=1S/C17H15F3N2O5/c1-21(2)14-8-10(17(18,19)20)4-7-15(14)27-11-5-6-13(22(24)25)12(9-11)16(23)26-3/h4-9H,1-3H3. The third-order valence-electron chi connectivity index (χ3n) is 3.57. The zero-order valence-electron chi connectivity index (χ0n) is 14.5. The summed E-state index contributed by atoms with van der Waals surface area (Å²) < 4.78 is 48.8. The molecule has 0 atom stereocenters. The molecule has 0 unspecified atom stereocenters. The summed E-state index contributed by atoms with van der Waals surface area (Å²) in [4.78, 5) is 23.5. The number of hydrogen-bond acceptors (Lipinski definition) is 6. The molecule has 10 heteroatoms. The zero-order chi connectivity index (χ0) is 20.4. The number of nitrogens with zero attached hydrogens (tertiary/aromatic N) is 2. The summed E-state index contributed by atoms with van der Waals surface area (Å²) in [5.41, 5.74) is -1.52. The van der Waals surface area contributed by atoms with Gasteiger partial charge < -0.3 is 14.4 Å². The van der Waals surface area contributed by atoms with Crippen molar-refractivity contribution in [2.45, 2.75) is 6.18 Å². The van der Waals surface area contributed by atoms with Gasteiger partial charge in [-0.05, 0) is 24.3 Å². The van der Waals surface area contributed by atoms with Gasteiger partial charge in [0.15, 0.2) is 5.75 Å². The third-order valence-corrected chi connectivity index (χ3v) is 3.57. The molecule has 0 spiro atoms. The SMILES string of the molecule is COC(=O)c1cc(Oc2ccc(C(F)(F)F)cc2N(C)C)ccc1[N+](=O)[O-]. The second kappa shape index (κ2) is 7.52. The molecule has 0 aromatic heterocycles. The number of carbonyl (C=O) groups excluding carboxylic acids is 1. The van der Waals surface area contributed by atoms with E-state index in [2.05, 4.69) is 4.74 Å². The normalized spacial score (nSPS) is 11.0. The Labute approximate surface area is 152 Å². The number of nitro groups is 1. The molecule has 0 aliphatic heterocycles. The van der Waals surface area contributed by atoms with Gasteiger partial charge >= 0.3 is 12.1 Å². The minimum Gasteiger partial charge on any atom is -0.465 e. The fourth-order valence-corrected chi connectivity index (χ4v) is 2.27. The summed E-state index contributed by atoms with van der Waals surface area (Å²) in [7, 11) is 4.15. The van der Waals surface area contributed by atoms with Crippen LogP contribution in [0.25, 0.3) is 0 Å². The third kappa shape index (κ3) is 4.46. The first-order valence-electron chi connectivity index (χ1n) is 7.47. The van der Waals surface area contributed by atoms with Crippen molar-refractivity contribution in [3.63, 3.8) is 0 Å². The van der Waals surface area contributed by atoms with E-state index < -0.39 is 28.3 Å². The van der Waals surface area contributed by atoms with E-state index in [0.717, 1.165) is 37.4 Å². The van der Waals surface area contributed by atoms with E-state index in [9.17, 15) is 28.1 Å². The van der Waals surface area contributed by atoms with Gasteiger partial charge in [-0.2, -0.15) is 13.2 Å². The summed E-state index contributed by atoms with van der Waals surface area (Å²) in [5.74, 6) is -0.825. The summed E-state index contributed by atoms with van der Waals surface area (Å²) >= 11 is 0. The zero-order valence-corrected chi connectivity index (χ0v) is 14.5. The number of esters is 1. The van der Waals surface area contributed by atoms with Crippen molar-refractivity contribution in [3.8, 4) is 11.5 Å². The van der Waals surface area contributed by atoms with Gasteiger partial charge in [-0.1, -0.05) is 0 Å². The van der Waals surface area contributed by atoms with Gasteiger partial charge in [0.2, 0.25) is 0 Å². The molecule has 0 saturated heterocycles. The van der Waals surface area contributed by atoms with E-state index in [0.29, 0.717) is 0 Å². The highest BCUT2D eigenvalue weighted by atomic mass is 19.4. The smallest absolute Gasteiger partial charge is 0.416 e. The van der Waals surface area contributed by atoms with Crippen LogP contribution in [0.1, 0.15) is 15.9 Å². The van der Waals surface area contributed by atoms with Crippen molar-refractivity contribution in [3.05, 3.63) is 57.6 Å².